The molecule has 2 N–H and O–H groups in total. The molecule has 172 valence electrons. The Morgan fingerprint density at radius 1 is 1.27 bits per heavy atom. The average Bonchev–Trinajstić information content (AvgIpc) is 3.27. The molecule has 33 heavy (non-hydrogen) atoms. The number of aryl methyl sites for hydroxylation is 1. The maximum Gasteiger partial charge on any atom is 0.250 e. The Morgan fingerprint density at radius 3 is 2.67 bits per heavy atom. The van der Waals surface area contributed by atoms with Gasteiger partial charge in [0, 0.05) is 37.4 Å². The van der Waals surface area contributed by atoms with Gasteiger partial charge in [0.2, 0.25) is 5.91 Å². The van der Waals surface area contributed by atoms with Crippen molar-refractivity contribution in [2.75, 3.05) is 23.9 Å². The van der Waals surface area contributed by atoms with Gasteiger partial charge in [-0.25, -0.2) is 0 Å². The number of halogens is 1. The van der Waals surface area contributed by atoms with E-state index in [1.807, 2.05) is 30.3 Å². The minimum absolute atomic E-state index is 0.0430. The van der Waals surface area contributed by atoms with Crippen LogP contribution in [0, 0.1) is 13.8 Å². The van der Waals surface area contributed by atoms with Gasteiger partial charge in [-0.05, 0) is 68.0 Å². The van der Waals surface area contributed by atoms with Gasteiger partial charge in [0.05, 0.1) is 28.5 Å². The highest BCUT2D eigenvalue weighted by atomic mass is 35.5. The van der Waals surface area contributed by atoms with Gasteiger partial charge < -0.3 is 24.8 Å². The summed E-state index contributed by atoms with van der Waals surface area (Å²) in [6.07, 6.45) is 1.79. The van der Waals surface area contributed by atoms with Crippen LogP contribution >= 0.6 is 23.8 Å². The second-order valence-electron chi connectivity index (χ2n) is 8.03. The highest BCUT2D eigenvalue weighted by Gasteiger charge is 2.42. The number of carbonyl (C=O) groups is 1. The number of nitrogens with zero attached hydrogens (tertiary/aromatic N) is 3. The molecule has 1 aliphatic heterocycles. The number of anilines is 2. The lowest BCUT2D eigenvalue weighted by atomic mass is 9.96. The summed E-state index contributed by atoms with van der Waals surface area (Å²) in [7, 11) is 3.53. The van der Waals surface area contributed by atoms with E-state index < -0.39 is 0 Å². The molecule has 3 heterocycles. The molecule has 0 unspecified atom stereocenters. The van der Waals surface area contributed by atoms with Crippen LogP contribution in [-0.4, -0.2) is 34.3 Å². The van der Waals surface area contributed by atoms with Crippen molar-refractivity contribution in [2.24, 2.45) is 7.05 Å². The van der Waals surface area contributed by atoms with E-state index in [-0.39, 0.29) is 24.6 Å². The Kier molecular flexibility index (Phi) is 6.69. The lowest BCUT2D eigenvalue weighted by molar-refractivity contribution is -0.119. The minimum Gasteiger partial charge on any atom is -0.375 e. The SMILES string of the molecule is COCC(=O)Nc1ccc(N2C(=S)N[C@H](c3ccccn3)[C@@H]2c2cc(C)n(C)c2C)cc1Cl. The second kappa shape index (κ2) is 9.51. The van der Waals surface area contributed by atoms with Crippen LogP contribution in [-0.2, 0) is 16.6 Å². The molecule has 1 aliphatic rings. The maximum absolute atomic E-state index is 11.9. The predicted molar refractivity (Wildman–Crippen MR) is 135 cm³/mol. The molecule has 2 aromatic heterocycles. The average molecular weight is 484 g/mol. The number of ether oxygens (including phenoxy) is 1. The monoisotopic (exact) mass is 483 g/mol. The van der Waals surface area contributed by atoms with Crippen molar-refractivity contribution in [3.8, 4) is 0 Å². The maximum atomic E-state index is 11.9. The van der Waals surface area contributed by atoms with E-state index in [1.54, 1.807) is 12.3 Å². The predicted octanol–water partition coefficient (Wildman–Crippen LogP) is 4.45. The van der Waals surface area contributed by atoms with Crippen molar-refractivity contribution < 1.29 is 9.53 Å². The molecule has 9 heteroatoms. The van der Waals surface area contributed by atoms with Gasteiger partial charge in [-0.15, -0.1) is 0 Å². The quantitative estimate of drug-likeness (QED) is 0.505. The number of thiocarbonyl (C=S) groups is 1. The molecular formula is C24H26ClN5O2S. The van der Waals surface area contributed by atoms with E-state index in [0.29, 0.717) is 15.8 Å². The van der Waals surface area contributed by atoms with Crippen molar-refractivity contribution in [1.82, 2.24) is 14.9 Å². The summed E-state index contributed by atoms with van der Waals surface area (Å²) in [6.45, 7) is 4.16. The summed E-state index contributed by atoms with van der Waals surface area (Å²) < 4.78 is 7.05. The molecule has 3 aromatic rings. The Balaban J connectivity index is 1.77. The smallest absolute Gasteiger partial charge is 0.250 e. The molecule has 0 spiro atoms. The van der Waals surface area contributed by atoms with E-state index in [9.17, 15) is 4.79 Å². The standard InChI is InChI=1S/C24H26ClN5O2S/c1-14-11-17(15(2)29(14)3)23-22(20-7-5-6-10-26-20)28-24(33)30(23)16-8-9-19(18(25)12-16)27-21(31)13-32-4/h5-12,22-23H,13H2,1-4H3,(H,27,31)(H,28,33)/t22-,23+/m1/s1. The van der Waals surface area contributed by atoms with Crippen LogP contribution < -0.4 is 15.5 Å². The van der Waals surface area contributed by atoms with Gasteiger partial charge in [0.1, 0.15) is 6.61 Å². The fraction of sp³-hybridized carbons (Fsp3) is 0.292. The molecule has 1 saturated heterocycles. The molecule has 7 nitrogen and oxygen atoms in total. The first-order chi connectivity index (χ1) is 15.8. The van der Waals surface area contributed by atoms with Crippen LogP contribution in [0.5, 0.6) is 0 Å². The molecule has 0 saturated carbocycles. The molecule has 0 aliphatic carbocycles. The summed E-state index contributed by atoms with van der Waals surface area (Å²) in [4.78, 5) is 18.6. The van der Waals surface area contributed by atoms with Gasteiger partial charge in [-0.2, -0.15) is 0 Å². The highest BCUT2D eigenvalue weighted by molar-refractivity contribution is 7.80. The normalized spacial score (nSPS) is 17.8. The lowest BCUT2D eigenvalue weighted by Crippen LogP contribution is -2.29. The first kappa shape index (κ1) is 23.2. The first-order valence-electron chi connectivity index (χ1n) is 10.5. The largest absolute Gasteiger partial charge is 0.375 e. The summed E-state index contributed by atoms with van der Waals surface area (Å²) in [6, 6.07) is 13.3. The molecule has 4 rings (SSSR count). The zero-order valence-corrected chi connectivity index (χ0v) is 20.5. The number of hydrogen-bond donors (Lipinski definition) is 2. The summed E-state index contributed by atoms with van der Waals surface area (Å²) in [5, 5.41) is 7.23. The summed E-state index contributed by atoms with van der Waals surface area (Å²) >= 11 is 12.3. The minimum atomic E-state index is -0.269. The third-order valence-corrected chi connectivity index (χ3v) is 6.64. The number of pyridine rings is 1. The van der Waals surface area contributed by atoms with Crippen molar-refractivity contribution in [2.45, 2.75) is 25.9 Å². The molecule has 1 aromatic carbocycles. The van der Waals surface area contributed by atoms with E-state index in [2.05, 4.69) is 52.0 Å². The van der Waals surface area contributed by atoms with E-state index in [1.165, 1.54) is 7.11 Å². The number of amides is 1. The van der Waals surface area contributed by atoms with Gasteiger partial charge in [0.15, 0.2) is 5.11 Å². The third kappa shape index (κ3) is 4.46. The summed E-state index contributed by atoms with van der Waals surface area (Å²) in [5.41, 5.74) is 5.73. The third-order valence-electron chi connectivity index (χ3n) is 6.01. The number of nitrogens with one attached hydrogen (secondary N) is 2. The topological polar surface area (TPSA) is 71.4 Å². The Morgan fingerprint density at radius 2 is 2.06 bits per heavy atom. The van der Waals surface area contributed by atoms with Gasteiger partial charge >= 0.3 is 0 Å². The lowest BCUT2D eigenvalue weighted by Gasteiger charge is -2.28. The van der Waals surface area contributed by atoms with Crippen LogP contribution in [0.4, 0.5) is 11.4 Å². The number of hydrogen-bond acceptors (Lipinski definition) is 4. The molecule has 1 fully saturated rings. The number of methoxy groups -OCH3 is 1. The Hall–Kier alpha value is -2.94. The van der Waals surface area contributed by atoms with Gasteiger partial charge in [-0.3, -0.25) is 9.78 Å². The number of carbonyl (C=O) groups excluding carboxylic acids is 1. The van der Waals surface area contributed by atoms with Crippen LogP contribution in [0.25, 0.3) is 0 Å². The number of rotatable bonds is 6. The number of benzene rings is 1. The van der Waals surface area contributed by atoms with Crippen molar-refractivity contribution >= 4 is 46.2 Å². The zero-order valence-electron chi connectivity index (χ0n) is 18.9. The van der Waals surface area contributed by atoms with Crippen LogP contribution in [0.2, 0.25) is 5.02 Å². The Bertz CT molecular complexity index is 1200. The molecular weight excluding hydrogens is 458 g/mol. The zero-order chi connectivity index (χ0) is 23.7. The molecule has 2 atom stereocenters. The van der Waals surface area contributed by atoms with Crippen molar-refractivity contribution in [1.29, 1.82) is 0 Å². The molecule has 0 radical (unpaired) electrons. The molecule has 0 bridgehead atoms. The summed E-state index contributed by atoms with van der Waals surface area (Å²) in [5.74, 6) is -0.269. The Labute approximate surface area is 203 Å². The number of aromatic nitrogens is 2. The van der Waals surface area contributed by atoms with E-state index in [4.69, 9.17) is 28.6 Å². The van der Waals surface area contributed by atoms with Crippen molar-refractivity contribution in [3.63, 3.8) is 0 Å². The fourth-order valence-corrected chi connectivity index (χ4v) is 4.77. The second-order valence-corrected chi connectivity index (χ2v) is 8.82. The van der Waals surface area contributed by atoms with Crippen molar-refractivity contribution in [3.05, 3.63) is 76.3 Å². The molecule has 1 amide bonds. The van der Waals surface area contributed by atoms with E-state index >= 15 is 0 Å². The first-order valence-corrected chi connectivity index (χ1v) is 11.3. The van der Waals surface area contributed by atoms with Gasteiger partial charge in [0.25, 0.3) is 0 Å². The van der Waals surface area contributed by atoms with Crippen LogP contribution in [0.15, 0.2) is 48.7 Å². The van der Waals surface area contributed by atoms with Crippen LogP contribution in [0.3, 0.4) is 0 Å². The fourth-order valence-electron chi connectivity index (χ4n) is 4.21. The highest BCUT2D eigenvalue weighted by Crippen LogP contribution is 2.44. The van der Waals surface area contributed by atoms with Crippen LogP contribution in [0.1, 0.15) is 34.7 Å². The van der Waals surface area contributed by atoms with E-state index in [0.717, 1.165) is 28.3 Å². The van der Waals surface area contributed by atoms with Gasteiger partial charge in [-0.1, -0.05) is 17.7 Å².